The summed E-state index contributed by atoms with van der Waals surface area (Å²) in [6.45, 7) is 7.52. The van der Waals surface area contributed by atoms with Gasteiger partial charge in [0.15, 0.2) is 0 Å². The first-order chi connectivity index (χ1) is 11.2. The van der Waals surface area contributed by atoms with Crippen LogP contribution in [0.1, 0.15) is 39.2 Å². The number of hydrogen-bond donors (Lipinski definition) is 1. The number of nitrogens with one attached hydrogen (secondary N) is 1. The van der Waals surface area contributed by atoms with Crippen molar-refractivity contribution in [2.75, 3.05) is 13.1 Å². The van der Waals surface area contributed by atoms with Gasteiger partial charge in [-0.25, -0.2) is 4.79 Å². The minimum Gasteiger partial charge on any atom is -0.444 e. The van der Waals surface area contributed by atoms with E-state index in [0.717, 1.165) is 18.4 Å². The van der Waals surface area contributed by atoms with E-state index in [-0.39, 0.29) is 17.8 Å². The Morgan fingerprint density at radius 2 is 2.04 bits per heavy atom. The van der Waals surface area contributed by atoms with Crippen molar-refractivity contribution < 1.29 is 14.5 Å². The van der Waals surface area contributed by atoms with Crippen molar-refractivity contribution >= 4 is 11.8 Å². The third-order valence-corrected chi connectivity index (χ3v) is 3.82. The molecule has 1 saturated heterocycles. The lowest BCUT2D eigenvalue weighted by atomic mass is 10.1. The molecule has 0 unspecified atom stereocenters. The highest BCUT2D eigenvalue weighted by molar-refractivity contribution is 5.68. The molecule has 0 bridgehead atoms. The molecular weight excluding hydrogens is 310 g/mol. The van der Waals surface area contributed by atoms with E-state index in [2.05, 4.69) is 5.32 Å². The van der Waals surface area contributed by atoms with Gasteiger partial charge < -0.3 is 15.0 Å². The summed E-state index contributed by atoms with van der Waals surface area (Å²) < 4.78 is 5.42. The molecule has 0 spiro atoms. The number of nitro groups is 1. The first kappa shape index (κ1) is 18.2. The highest BCUT2D eigenvalue weighted by Crippen LogP contribution is 2.16. The van der Waals surface area contributed by atoms with E-state index >= 15 is 0 Å². The summed E-state index contributed by atoms with van der Waals surface area (Å²) in [5.74, 6) is 0. The number of hydrogen-bond acceptors (Lipinski definition) is 5. The van der Waals surface area contributed by atoms with Crippen molar-refractivity contribution in [2.24, 2.45) is 0 Å². The maximum atomic E-state index is 12.1. The van der Waals surface area contributed by atoms with Crippen LogP contribution < -0.4 is 5.32 Å². The number of nitrogens with zero attached hydrogens (tertiary/aromatic N) is 2. The monoisotopic (exact) mass is 335 g/mol. The van der Waals surface area contributed by atoms with Gasteiger partial charge in [-0.1, -0.05) is 12.1 Å². The van der Waals surface area contributed by atoms with Crippen molar-refractivity contribution in [1.82, 2.24) is 10.2 Å². The minimum absolute atomic E-state index is 0.0903. The number of nitro benzene ring substituents is 1. The fourth-order valence-corrected chi connectivity index (χ4v) is 2.63. The lowest BCUT2D eigenvalue weighted by Crippen LogP contribution is -2.49. The number of non-ortho nitro benzene ring substituents is 1. The first-order valence-corrected chi connectivity index (χ1v) is 8.19. The van der Waals surface area contributed by atoms with Gasteiger partial charge >= 0.3 is 6.09 Å². The van der Waals surface area contributed by atoms with Crippen LogP contribution in [0.3, 0.4) is 0 Å². The number of benzene rings is 1. The number of carbonyl (C=O) groups is 1. The second kappa shape index (κ2) is 7.61. The van der Waals surface area contributed by atoms with Gasteiger partial charge in [0.2, 0.25) is 0 Å². The molecule has 1 atom stereocenters. The number of likely N-dealkylation sites (tertiary alicyclic amines) is 1. The normalized spacial score (nSPS) is 18.3. The molecule has 1 fully saturated rings. The van der Waals surface area contributed by atoms with Crippen molar-refractivity contribution in [3.63, 3.8) is 0 Å². The highest BCUT2D eigenvalue weighted by atomic mass is 16.6. The molecule has 0 radical (unpaired) electrons. The Labute approximate surface area is 142 Å². The average Bonchev–Trinajstić information content (AvgIpc) is 2.52. The number of carbonyl (C=O) groups excluding carboxylic acids is 1. The van der Waals surface area contributed by atoms with Crippen molar-refractivity contribution in [3.05, 3.63) is 39.9 Å². The molecule has 7 heteroatoms. The molecule has 24 heavy (non-hydrogen) atoms. The quantitative estimate of drug-likeness (QED) is 0.675. The summed E-state index contributed by atoms with van der Waals surface area (Å²) in [4.78, 5) is 24.1. The summed E-state index contributed by atoms with van der Waals surface area (Å²) in [5, 5.41) is 14.1. The molecule has 0 saturated carbocycles. The molecule has 0 aromatic heterocycles. The fourth-order valence-electron chi connectivity index (χ4n) is 2.63. The Bertz CT molecular complexity index is 580. The van der Waals surface area contributed by atoms with E-state index in [1.165, 1.54) is 12.1 Å². The fraction of sp³-hybridized carbons (Fsp3) is 0.588. The molecule has 132 valence electrons. The Morgan fingerprint density at radius 3 is 2.62 bits per heavy atom. The molecule has 1 aromatic rings. The SMILES string of the molecule is CC(C)(C)OC(=O)N1CCC[C@H](NCc2ccc([N+](=O)[O-])cc2)C1. The predicted molar refractivity (Wildman–Crippen MR) is 90.8 cm³/mol. The molecule has 0 aliphatic carbocycles. The zero-order valence-electron chi connectivity index (χ0n) is 14.4. The van der Waals surface area contributed by atoms with Crippen molar-refractivity contribution in [1.29, 1.82) is 0 Å². The molecule has 1 amide bonds. The second-order valence-electron chi connectivity index (χ2n) is 7.07. The first-order valence-electron chi connectivity index (χ1n) is 8.19. The van der Waals surface area contributed by atoms with Crippen LogP contribution in [0.25, 0.3) is 0 Å². The van der Waals surface area contributed by atoms with Crippen LogP contribution in [0.2, 0.25) is 0 Å². The van der Waals surface area contributed by atoms with Gasteiger partial charge in [-0.2, -0.15) is 0 Å². The smallest absolute Gasteiger partial charge is 0.410 e. The topological polar surface area (TPSA) is 84.7 Å². The Kier molecular flexibility index (Phi) is 5.77. The van der Waals surface area contributed by atoms with Gasteiger partial charge in [0.05, 0.1) is 4.92 Å². The molecule has 1 N–H and O–H groups in total. The van der Waals surface area contributed by atoms with E-state index in [4.69, 9.17) is 4.74 Å². The zero-order valence-corrected chi connectivity index (χ0v) is 14.4. The summed E-state index contributed by atoms with van der Waals surface area (Å²) in [7, 11) is 0. The van der Waals surface area contributed by atoms with E-state index in [1.807, 2.05) is 20.8 Å². The molecular formula is C17H25N3O4. The number of amides is 1. The van der Waals surface area contributed by atoms with E-state index in [1.54, 1.807) is 17.0 Å². The third-order valence-electron chi connectivity index (χ3n) is 3.82. The lowest BCUT2D eigenvalue weighted by Gasteiger charge is -2.34. The van der Waals surface area contributed by atoms with Crippen molar-refractivity contribution in [3.8, 4) is 0 Å². The number of piperidine rings is 1. The number of ether oxygens (including phenoxy) is 1. The van der Waals surface area contributed by atoms with Crippen LogP contribution in [0.15, 0.2) is 24.3 Å². The van der Waals surface area contributed by atoms with Crippen LogP contribution in [-0.2, 0) is 11.3 Å². The zero-order chi connectivity index (χ0) is 17.7. The maximum Gasteiger partial charge on any atom is 0.410 e. The van der Waals surface area contributed by atoms with Gasteiger partial charge in [-0.3, -0.25) is 10.1 Å². The molecule has 1 aliphatic rings. The van der Waals surface area contributed by atoms with Crippen LogP contribution in [-0.4, -0.2) is 40.6 Å². The van der Waals surface area contributed by atoms with Crippen LogP contribution in [0.5, 0.6) is 0 Å². The number of rotatable bonds is 4. The lowest BCUT2D eigenvalue weighted by molar-refractivity contribution is -0.384. The van der Waals surface area contributed by atoms with Gasteiger partial charge in [0, 0.05) is 37.8 Å². The largest absolute Gasteiger partial charge is 0.444 e. The third kappa shape index (κ3) is 5.49. The van der Waals surface area contributed by atoms with E-state index < -0.39 is 10.5 Å². The molecule has 2 rings (SSSR count). The maximum absolute atomic E-state index is 12.1. The van der Waals surface area contributed by atoms with Crippen LogP contribution in [0.4, 0.5) is 10.5 Å². The minimum atomic E-state index is -0.490. The van der Waals surface area contributed by atoms with Crippen LogP contribution >= 0.6 is 0 Å². The second-order valence-corrected chi connectivity index (χ2v) is 7.07. The Hall–Kier alpha value is -2.15. The summed E-state index contributed by atoms with van der Waals surface area (Å²) in [6, 6.07) is 6.70. The van der Waals surface area contributed by atoms with Gasteiger partial charge in [-0.15, -0.1) is 0 Å². The Morgan fingerprint density at radius 1 is 1.38 bits per heavy atom. The summed E-state index contributed by atoms with van der Waals surface area (Å²) in [5.41, 5.74) is 0.582. The molecule has 7 nitrogen and oxygen atoms in total. The van der Waals surface area contributed by atoms with Crippen molar-refractivity contribution in [2.45, 2.75) is 51.8 Å². The standard InChI is InChI=1S/C17H25N3O4/c1-17(2,3)24-16(21)19-10-4-5-14(12-19)18-11-13-6-8-15(9-7-13)20(22)23/h6-9,14,18H,4-5,10-12H2,1-3H3/t14-/m0/s1. The summed E-state index contributed by atoms with van der Waals surface area (Å²) in [6.07, 6.45) is 1.65. The predicted octanol–water partition coefficient (Wildman–Crippen LogP) is 3.08. The van der Waals surface area contributed by atoms with Gasteiger partial charge in [0.1, 0.15) is 5.60 Å². The van der Waals surface area contributed by atoms with Gasteiger partial charge in [0.25, 0.3) is 5.69 Å². The molecule has 1 aromatic carbocycles. The molecule has 1 heterocycles. The molecule has 1 aliphatic heterocycles. The van der Waals surface area contributed by atoms with E-state index in [9.17, 15) is 14.9 Å². The van der Waals surface area contributed by atoms with Gasteiger partial charge in [-0.05, 0) is 39.2 Å². The highest BCUT2D eigenvalue weighted by Gasteiger charge is 2.27. The van der Waals surface area contributed by atoms with E-state index in [0.29, 0.717) is 19.6 Å². The summed E-state index contributed by atoms with van der Waals surface area (Å²) >= 11 is 0. The Balaban J connectivity index is 1.84. The average molecular weight is 335 g/mol. The van der Waals surface area contributed by atoms with Crippen LogP contribution in [0, 0.1) is 10.1 Å².